The first-order chi connectivity index (χ1) is 11.7. The molecule has 0 spiro atoms. The molecule has 0 aliphatic heterocycles. The van der Waals surface area contributed by atoms with E-state index in [1.54, 1.807) is 11.7 Å². The Balaban J connectivity index is 0.00000312. The summed E-state index contributed by atoms with van der Waals surface area (Å²) in [5, 5.41) is 10.5. The zero-order valence-corrected chi connectivity index (χ0v) is 17.6. The van der Waals surface area contributed by atoms with Crippen LogP contribution in [-0.2, 0) is 20.1 Å². The highest BCUT2D eigenvalue weighted by molar-refractivity contribution is 14.0. The Labute approximate surface area is 166 Å². The van der Waals surface area contributed by atoms with Gasteiger partial charge in [-0.1, -0.05) is 6.07 Å². The number of rotatable bonds is 7. The van der Waals surface area contributed by atoms with Gasteiger partial charge >= 0.3 is 0 Å². The first-order valence-electron chi connectivity index (χ1n) is 8.15. The predicted octanol–water partition coefficient (Wildman–Crippen LogP) is 1.54. The van der Waals surface area contributed by atoms with E-state index in [1.165, 1.54) is 6.33 Å². The van der Waals surface area contributed by atoms with Crippen molar-refractivity contribution in [2.75, 3.05) is 25.0 Å². The van der Waals surface area contributed by atoms with Gasteiger partial charge in [0.2, 0.25) is 0 Å². The molecule has 0 atom stereocenters. The molecule has 0 aromatic carbocycles. The number of aliphatic imine (C=N–C) groups is 1. The lowest BCUT2D eigenvalue weighted by molar-refractivity contribution is 0.672. The van der Waals surface area contributed by atoms with Gasteiger partial charge < -0.3 is 15.5 Å². The molecule has 0 saturated heterocycles. The van der Waals surface area contributed by atoms with Crippen LogP contribution in [0.4, 0.5) is 5.82 Å². The van der Waals surface area contributed by atoms with Crippen molar-refractivity contribution < 1.29 is 0 Å². The molecule has 2 rings (SSSR count). The maximum absolute atomic E-state index is 4.53. The summed E-state index contributed by atoms with van der Waals surface area (Å²) in [7, 11) is 3.61. The van der Waals surface area contributed by atoms with Crippen LogP contribution in [0.5, 0.6) is 0 Å². The molecule has 2 N–H and O–H groups in total. The van der Waals surface area contributed by atoms with E-state index in [1.807, 2.05) is 13.2 Å². The highest BCUT2D eigenvalue weighted by Gasteiger charge is 2.05. The van der Waals surface area contributed by atoms with Gasteiger partial charge in [-0.2, -0.15) is 5.10 Å². The van der Waals surface area contributed by atoms with E-state index in [-0.39, 0.29) is 24.0 Å². The minimum atomic E-state index is 0. The fourth-order valence-corrected chi connectivity index (χ4v) is 2.31. The molecule has 9 heteroatoms. The molecule has 0 radical (unpaired) electrons. The van der Waals surface area contributed by atoms with Gasteiger partial charge in [0, 0.05) is 39.9 Å². The van der Waals surface area contributed by atoms with Crippen molar-refractivity contribution in [2.24, 2.45) is 12.0 Å². The van der Waals surface area contributed by atoms with E-state index < -0.39 is 0 Å². The van der Waals surface area contributed by atoms with E-state index in [4.69, 9.17) is 0 Å². The number of guanidine groups is 1. The number of aryl methyl sites for hydroxylation is 1. The van der Waals surface area contributed by atoms with Crippen molar-refractivity contribution in [1.82, 2.24) is 30.4 Å². The summed E-state index contributed by atoms with van der Waals surface area (Å²) in [5.41, 5.74) is 1.10. The van der Waals surface area contributed by atoms with Gasteiger partial charge in [0.25, 0.3) is 0 Å². The predicted molar refractivity (Wildman–Crippen MR) is 111 cm³/mol. The second-order valence-electron chi connectivity index (χ2n) is 5.28. The van der Waals surface area contributed by atoms with Crippen molar-refractivity contribution in [3.05, 3.63) is 36.0 Å². The maximum atomic E-state index is 4.53. The smallest absolute Gasteiger partial charge is 0.191 e. The molecule has 0 unspecified atom stereocenters. The molecule has 25 heavy (non-hydrogen) atoms. The molecule has 8 nitrogen and oxygen atoms in total. The minimum Gasteiger partial charge on any atom is -0.357 e. The largest absolute Gasteiger partial charge is 0.357 e. The Morgan fingerprint density at radius 2 is 1.88 bits per heavy atom. The highest BCUT2D eigenvalue weighted by atomic mass is 127. The summed E-state index contributed by atoms with van der Waals surface area (Å²) in [4.78, 5) is 15.1. The molecule has 2 heterocycles. The fourth-order valence-electron chi connectivity index (χ4n) is 2.31. The number of pyridine rings is 1. The average Bonchev–Trinajstić information content (AvgIpc) is 3.02. The van der Waals surface area contributed by atoms with Crippen LogP contribution in [-0.4, -0.2) is 45.8 Å². The number of anilines is 1. The number of halogens is 1. The molecule has 138 valence electrons. The topological polar surface area (TPSA) is 83.3 Å². The number of aromatic nitrogens is 4. The van der Waals surface area contributed by atoms with Gasteiger partial charge in [-0.25, -0.2) is 9.97 Å². The lowest BCUT2D eigenvalue weighted by Crippen LogP contribution is -2.37. The standard InChI is InChI=1S/C16H26N8.HI/c1-5-24(6-2)14-8-7-13(9-18-14)10-19-16(17-3)20-11-15-21-12-22-23(15)4;/h7-9,12H,5-6,10-11H2,1-4H3,(H2,17,19,20);1H. The second kappa shape index (κ2) is 10.9. The quantitative estimate of drug-likeness (QED) is 0.372. The summed E-state index contributed by atoms with van der Waals surface area (Å²) in [6.07, 6.45) is 3.44. The molecular weight excluding hydrogens is 431 g/mol. The molecule has 0 saturated carbocycles. The van der Waals surface area contributed by atoms with Gasteiger partial charge in [-0.15, -0.1) is 24.0 Å². The van der Waals surface area contributed by atoms with Crippen LogP contribution in [0.2, 0.25) is 0 Å². The fraction of sp³-hybridized carbons (Fsp3) is 0.500. The SMILES string of the molecule is CCN(CC)c1ccc(CNC(=NC)NCc2ncnn2C)cn1.I. The van der Waals surface area contributed by atoms with Crippen molar-refractivity contribution >= 4 is 35.8 Å². The van der Waals surface area contributed by atoms with Gasteiger partial charge in [-0.3, -0.25) is 9.67 Å². The first kappa shape index (κ1) is 21.1. The van der Waals surface area contributed by atoms with Crippen molar-refractivity contribution in [3.8, 4) is 0 Å². The summed E-state index contributed by atoms with van der Waals surface area (Å²) in [6, 6.07) is 4.14. The van der Waals surface area contributed by atoms with Crippen LogP contribution in [0.3, 0.4) is 0 Å². The Hall–Kier alpha value is -1.91. The molecule has 0 bridgehead atoms. The molecule has 2 aromatic rings. The first-order valence-corrected chi connectivity index (χ1v) is 8.15. The molecule has 2 aromatic heterocycles. The van der Waals surface area contributed by atoms with Gasteiger partial charge in [-0.05, 0) is 25.5 Å². The average molecular weight is 458 g/mol. The van der Waals surface area contributed by atoms with Crippen LogP contribution in [0.1, 0.15) is 25.2 Å². The van der Waals surface area contributed by atoms with E-state index in [9.17, 15) is 0 Å². The molecule has 0 aliphatic rings. The molecule has 0 fully saturated rings. The molecule has 0 amide bonds. The number of nitrogens with one attached hydrogen (secondary N) is 2. The van der Waals surface area contributed by atoms with Gasteiger partial charge in [0.15, 0.2) is 5.96 Å². The molecule has 0 aliphatic carbocycles. The monoisotopic (exact) mass is 458 g/mol. The Morgan fingerprint density at radius 3 is 2.40 bits per heavy atom. The summed E-state index contributed by atoms with van der Waals surface area (Å²) < 4.78 is 1.73. The Kier molecular flexibility index (Phi) is 9.17. The Morgan fingerprint density at radius 1 is 1.16 bits per heavy atom. The Bertz CT molecular complexity index is 648. The number of hydrogen-bond donors (Lipinski definition) is 2. The second-order valence-corrected chi connectivity index (χ2v) is 5.28. The van der Waals surface area contributed by atoms with E-state index >= 15 is 0 Å². The summed E-state index contributed by atoms with van der Waals surface area (Å²) in [5.74, 6) is 2.57. The van der Waals surface area contributed by atoms with Crippen LogP contribution in [0, 0.1) is 0 Å². The van der Waals surface area contributed by atoms with Gasteiger partial charge in [0.1, 0.15) is 18.0 Å². The zero-order chi connectivity index (χ0) is 17.4. The van der Waals surface area contributed by atoms with Crippen LogP contribution in [0.25, 0.3) is 0 Å². The lowest BCUT2D eigenvalue weighted by atomic mass is 10.2. The minimum absolute atomic E-state index is 0. The third-order valence-electron chi connectivity index (χ3n) is 3.80. The van der Waals surface area contributed by atoms with Crippen LogP contribution >= 0.6 is 24.0 Å². The van der Waals surface area contributed by atoms with Crippen molar-refractivity contribution in [2.45, 2.75) is 26.9 Å². The van der Waals surface area contributed by atoms with Crippen molar-refractivity contribution in [1.29, 1.82) is 0 Å². The lowest BCUT2D eigenvalue weighted by Gasteiger charge is -2.19. The van der Waals surface area contributed by atoms with E-state index in [0.717, 1.165) is 30.3 Å². The highest BCUT2D eigenvalue weighted by Crippen LogP contribution is 2.10. The number of hydrogen-bond acceptors (Lipinski definition) is 5. The molecular formula is C16H27IN8. The maximum Gasteiger partial charge on any atom is 0.191 e. The van der Waals surface area contributed by atoms with Crippen LogP contribution < -0.4 is 15.5 Å². The number of nitrogens with zero attached hydrogens (tertiary/aromatic N) is 6. The van der Waals surface area contributed by atoms with E-state index in [2.05, 4.69) is 61.6 Å². The van der Waals surface area contributed by atoms with Gasteiger partial charge in [0.05, 0.1) is 6.54 Å². The van der Waals surface area contributed by atoms with Crippen LogP contribution in [0.15, 0.2) is 29.6 Å². The third kappa shape index (κ3) is 6.15. The summed E-state index contributed by atoms with van der Waals surface area (Å²) >= 11 is 0. The zero-order valence-electron chi connectivity index (χ0n) is 15.2. The van der Waals surface area contributed by atoms with E-state index in [0.29, 0.717) is 19.0 Å². The third-order valence-corrected chi connectivity index (χ3v) is 3.80. The van der Waals surface area contributed by atoms with Crippen molar-refractivity contribution in [3.63, 3.8) is 0 Å². The summed E-state index contributed by atoms with van der Waals surface area (Å²) in [6.45, 7) is 7.40. The normalized spacial score (nSPS) is 11.0.